The third kappa shape index (κ3) is 16.1. The highest BCUT2D eigenvalue weighted by Crippen LogP contribution is 2.34. The van der Waals surface area contributed by atoms with E-state index in [1.165, 1.54) is 70.6 Å². The number of hydrogen-bond donors (Lipinski definition) is 14. The number of nitrogens with two attached hydrogens (primary N) is 6. The molecule has 21 nitrogen and oxygen atoms in total. The number of ether oxygens (including phenoxy) is 6. The number of hydrogen-bond acceptors (Lipinski definition) is 20. The van der Waals surface area contributed by atoms with Crippen LogP contribution in [0.4, 0.5) is 0 Å². The highest BCUT2D eigenvalue weighted by molar-refractivity contribution is 5.66. The van der Waals surface area contributed by atoms with Crippen molar-refractivity contribution in [1.29, 1.82) is 0 Å². The van der Waals surface area contributed by atoms with Gasteiger partial charge in [0.15, 0.2) is 18.9 Å². The minimum Gasteiger partial charge on any atom is -0.481 e. The average molecular weight is 897 g/mol. The number of allylic oxidation sites excluding steroid dienone is 2. The van der Waals surface area contributed by atoms with Crippen LogP contribution in [0.15, 0.2) is 12.2 Å². The van der Waals surface area contributed by atoms with Crippen LogP contribution < -0.4 is 34.4 Å². The lowest BCUT2D eigenvalue weighted by Gasteiger charge is -2.47. The maximum Gasteiger partial charge on any atom is 0.303 e. The molecule has 0 radical (unpaired) electrons. The van der Waals surface area contributed by atoms with E-state index >= 15 is 0 Å². The molecule has 364 valence electrons. The van der Waals surface area contributed by atoms with E-state index < -0.39 is 129 Å². The molecule has 4 aliphatic rings. The van der Waals surface area contributed by atoms with Crippen LogP contribution in [0.25, 0.3) is 0 Å². The van der Waals surface area contributed by atoms with Gasteiger partial charge in [-0.1, -0.05) is 70.4 Å². The van der Waals surface area contributed by atoms with Crippen molar-refractivity contribution in [2.75, 3.05) is 19.7 Å². The number of aliphatic hydroxyl groups is 7. The zero-order valence-corrected chi connectivity index (χ0v) is 36.3. The average Bonchev–Trinajstić information content (AvgIpc) is 3.55. The van der Waals surface area contributed by atoms with Gasteiger partial charge in [0.1, 0.15) is 67.1 Å². The maximum atomic E-state index is 11.1. The molecule has 3 heterocycles. The lowest BCUT2D eigenvalue weighted by Crippen LogP contribution is -2.68. The van der Waals surface area contributed by atoms with Gasteiger partial charge in [0.05, 0.1) is 24.8 Å². The van der Waals surface area contributed by atoms with E-state index in [0.717, 1.165) is 12.8 Å². The van der Waals surface area contributed by atoms with Gasteiger partial charge >= 0.3 is 5.97 Å². The molecule has 0 aromatic heterocycles. The zero-order valence-electron chi connectivity index (χ0n) is 36.3. The number of rotatable bonds is 24. The molecule has 1 aliphatic carbocycles. The lowest BCUT2D eigenvalue weighted by atomic mass is 9.84. The summed E-state index contributed by atoms with van der Waals surface area (Å²) < 4.78 is 34.6. The maximum absolute atomic E-state index is 11.1. The van der Waals surface area contributed by atoms with E-state index in [1.54, 1.807) is 0 Å². The van der Waals surface area contributed by atoms with Crippen LogP contribution in [0, 0.1) is 0 Å². The lowest BCUT2D eigenvalue weighted by molar-refractivity contribution is -0.306. The van der Waals surface area contributed by atoms with Crippen LogP contribution in [0.5, 0.6) is 0 Å². The van der Waals surface area contributed by atoms with E-state index in [4.69, 9.17) is 67.9 Å². The fourth-order valence-corrected chi connectivity index (χ4v) is 8.09. The Balaban J connectivity index is 0.000000432. The summed E-state index contributed by atoms with van der Waals surface area (Å²) in [6, 6.07) is -4.18. The fourth-order valence-electron chi connectivity index (χ4n) is 8.09. The summed E-state index contributed by atoms with van der Waals surface area (Å²) in [6.07, 6.45) is 1.46. The Morgan fingerprint density at radius 2 is 1.02 bits per heavy atom. The minimum atomic E-state index is -1.60. The van der Waals surface area contributed by atoms with Crippen LogP contribution in [-0.4, -0.2) is 183 Å². The Kier molecular flexibility index (Phi) is 25.2. The van der Waals surface area contributed by atoms with Crippen molar-refractivity contribution in [1.82, 2.24) is 0 Å². The van der Waals surface area contributed by atoms with Gasteiger partial charge in [-0.2, -0.15) is 0 Å². The Hall–Kier alpha value is -1.55. The quantitative estimate of drug-likeness (QED) is 0.0344. The minimum absolute atomic E-state index is 0.0889. The summed E-state index contributed by atoms with van der Waals surface area (Å²) in [5.74, 6) is -0.664. The van der Waals surface area contributed by atoms with Crippen LogP contribution >= 0.6 is 0 Å². The predicted molar refractivity (Wildman–Crippen MR) is 225 cm³/mol. The Bertz CT molecular complexity index is 1260. The van der Waals surface area contributed by atoms with E-state index in [2.05, 4.69) is 19.1 Å². The van der Waals surface area contributed by atoms with Crippen molar-refractivity contribution in [3.63, 3.8) is 0 Å². The van der Waals surface area contributed by atoms with Crippen LogP contribution in [0.3, 0.4) is 0 Å². The molecule has 0 bridgehead atoms. The smallest absolute Gasteiger partial charge is 0.303 e. The zero-order chi connectivity index (χ0) is 45.9. The van der Waals surface area contributed by atoms with Gasteiger partial charge < -0.3 is 104 Å². The highest BCUT2D eigenvalue weighted by atomic mass is 16.8. The molecule has 0 aromatic rings. The first-order valence-corrected chi connectivity index (χ1v) is 22.5. The highest BCUT2D eigenvalue weighted by Gasteiger charge is 2.54. The van der Waals surface area contributed by atoms with Crippen molar-refractivity contribution in [3.05, 3.63) is 12.2 Å². The molecule has 0 unspecified atom stereocenters. The van der Waals surface area contributed by atoms with E-state index in [1.807, 2.05) is 0 Å². The molecule has 62 heavy (non-hydrogen) atoms. The molecule has 3 saturated heterocycles. The van der Waals surface area contributed by atoms with Crippen molar-refractivity contribution >= 4 is 5.97 Å². The van der Waals surface area contributed by atoms with Crippen molar-refractivity contribution < 1.29 is 74.1 Å². The Morgan fingerprint density at radius 3 is 1.50 bits per heavy atom. The second kappa shape index (κ2) is 28.5. The van der Waals surface area contributed by atoms with E-state index in [-0.39, 0.29) is 19.5 Å². The summed E-state index contributed by atoms with van der Waals surface area (Å²) in [7, 11) is 0. The molecule has 1 saturated carbocycles. The predicted octanol–water partition coefficient (Wildman–Crippen LogP) is -2.79. The first-order chi connectivity index (χ1) is 29.6. The van der Waals surface area contributed by atoms with Crippen LogP contribution in [-0.2, 0) is 33.2 Å². The van der Waals surface area contributed by atoms with Gasteiger partial charge in [0, 0.05) is 31.6 Å². The molecule has 3 aliphatic heterocycles. The monoisotopic (exact) mass is 897 g/mol. The van der Waals surface area contributed by atoms with Crippen molar-refractivity contribution in [2.24, 2.45) is 34.4 Å². The standard InChI is InChI=1S/C23H46N6O13.C18H34O2/c24-2-7-13(32)15(34)10(28)21(37-7)40-18-6(27)1-5(26)12(31)20(18)42-23-17(36)19(9(4-30)39-23)41-22-11(29)16(35)14(33)8(3-25)38-22;1-2-3-4-5-6-7-8-9-10-11-12-13-14-15-16-17-18(19)20/h5-23,30-36H,1-4,24-29H2;9-10H,2-8,11-17H2,1H3,(H,19,20)/b;10-9-/t5-,6+,7-,8+,9-,10-,11-,12+,13-,14-,15-,16-,17-,18-,19-,20-,21-,22-,23+;/m1./s1. The number of unbranched alkanes of at least 4 members (excludes halogenated alkanes) is 11. The molecule has 0 amide bonds. The second-order valence-corrected chi connectivity index (χ2v) is 17.0. The normalized spacial score (nSPS) is 40.1. The first-order valence-electron chi connectivity index (χ1n) is 22.5. The van der Waals surface area contributed by atoms with Gasteiger partial charge in [-0.25, -0.2) is 0 Å². The Morgan fingerprint density at radius 1 is 0.565 bits per heavy atom. The van der Waals surface area contributed by atoms with Gasteiger partial charge in [-0.05, 0) is 38.5 Å². The third-order valence-corrected chi connectivity index (χ3v) is 12.0. The molecule has 4 rings (SSSR count). The second-order valence-electron chi connectivity index (χ2n) is 17.0. The van der Waals surface area contributed by atoms with Crippen molar-refractivity contribution in [3.8, 4) is 0 Å². The van der Waals surface area contributed by atoms with E-state index in [0.29, 0.717) is 6.42 Å². The van der Waals surface area contributed by atoms with Crippen LogP contribution in [0.2, 0.25) is 0 Å². The third-order valence-electron chi connectivity index (χ3n) is 12.0. The van der Waals surface area contributed by atoms with E-state index in [9.17, 15) is 40.5 Å². The largest absolute Gasteiger partial charge is 0.481 e. The van der Waals surface area contributed by atoms with Gasteiger partial charge in [0.2, 0.25) is 0 Å². The molecule has 0 aromatic carbocycles. The number of aliphatic hydroxyl groups excluding tert-OH is 7. The molecule has 21 heteroatoms. The molecular weight excluding hydrogens is 816 g/mol. The molecule has 0 spiro atoms. The summed E-state index contributed by atoms with van der Waals surface area (Å²) >= 11 is 0. The number of carboxylic acids is 1. The van der Waals surface area contributed by atoms with Gasteiger partial charge in [0.25, 0.3) is 0 Å². The molecule has 4 fully saturated rings. The molecule has 20 N–H and O–H groups in total. The summed E-state index contributed by atoms with van der Waals surface area (Å²) in [6.45, 7) is 1.29. The number of carbonyl (C=O) groups is 1. The van der Waals surface area contributed by atoms with Crippen LogP contribution in [0.1, 0.15) is 103 Å². The number of carboxylic acid groups (broad SMARTS) is 1. The topological polar surface area (TPSA) is 390 Å². The van der Waals surface area contributed by atoms with Gasteiger partial charge in [-0.3, -0.25) is 4.79 Å². The number of aliphatic carboxylic acids is 1. The summed E-state index contributed by atoms with van der Waals surface area (Å²) in [5.41, 5.74) is 35.6. The molecule has 19 atom stereocenters. The molecular formula is C41H80N6O15. The Labute approximate surface area is 365 Å². The van der Waals surface area contributed by atoms with Crippen molar-refractivity contribution in [2.45, 2.75) is 220 Å². The first kappa shape index (κ1) is 54.8. The van der Waals surface area contributed by atoms with Gasteiger partial charge in [-0.15, -0.1) is 0 Å². The summed E-state index contributed by atoms with van der Waals surface area (Å²) in [4.78, 5) is 10.3. The SMILES string of the molecule is CCCCCCCC/C=C\CCCCCCCC(=O)O.NC[C@@H]1O[C@H](O[C@H]2[C@@H](O)[C@H](O[C@@H]3[C@@H](O)[C@H](N)C[C@H](N)[C@H]3O[C@H]3O[C@H](CN)[C@@H](O)[C@H](O)[C@H]3N)O[C@@H]2CO)[C@H](N)[C@@H](O)[C@@H]1O. The summed E-state index contributed by atoms with van der Waals surface area (Å²) in [5, 5.41) is 81.5. The fraction of sp³-hybridized carbons (Fsp3) is 0.927.